The average Bonchev–Trinajstić information content (AvgIpc) is 2.08. The fraction of sp³-hybridized carbons (Fsp3) is 1.00. The maximum Gasteiger partial charge on any atom is 0.423 e. The molecule has 0 aromatic rings. The summed E-state index contributed by atoms with van der Waals surface area (Å²) in [6, 6.07) is 0. The standard InChI is InChI=1S/C8H12F6OS/c1-2-5(4-16)3-15-6(7(9,10)11)8(12,13)14/h5-6,16H,2-4H2,1H3. The predicted molar refractivity (Wildman–Crippen MR) is 49.5 cm³/mol. The van der Waals surface area contributed by atoms with Crippen LogP contribution in [-0.4, -0.2) is 30.8 Å². The van der Waals surface area contributed by atoms with Crippen molar-refractivity contribution in [2.24, 2.45) is 5.92 Å². The van der Waals surface area contributed by atoms with Crippen molar-refractivity contribution in [2.45, 2.75) is 31.8 Å². The molecule has 0 aromatic carbocycles. The van der Waals surface area contributed by atoms with Crippen LogP contribution in [0.2, 0.25) is 0 Å². The fourth-order valence-corrected chi connectivity index (χ4v) is 1.27. The molecule has 1 atom stereocenters. The fourth-order valence-electron chi connectivity index (χ4n) is 0.907. The van der Waals surface area contributed by atoms with Crippen molar-refractivity contribution in [3.8, 4) is 0 Å². The van der Waals surface area contributed by atoms with Gasteiger partial charge in [-0.2, -0.15) is 39.0 Å². The lowest BCUT2D eigenvalue weighted by molar-refractivity contribution is -0.323. The number of thiol groups is 1. The topological polar surface area (TPSA) is 9.23 Å². The molecule has 0 aliphatic heterocycles. The Morgan fingerprint density at radius 1 is 1.06 bits per heavy atom. The molecule has 0 heterocycles. The summed E-state index contributed by atoms with van der Waals surface area (Å²) >= 11 is 3.80. The molecule has 0 N–H and O–H groups in total. The minimum atomic E-state index is -5.44. The van der Waals surface area contributed by atoms with E-state index in [1.807, 2.05) is 0 Å². The molecular formula is C8H12F6OS. The summed E-state index contributed by atoms with van der Waals surface area (Å²) in [4.78, 5) is 0. The van der Waals surface area contributed by atoms with E-state index in [-0.39, 0.29) is 5.75 Å². The first-order chi connectivity index (χ1) is 7.12. The van der Waals surface area contributed by atoms with Gasteiger partial charge in [0, 0.05) is 0 Å². The van der Waals surface area contributed by atoms with Crippen molar-refractivity contribution in [1.29, 1.82) is 0 Å². The molecule has 1 unspecified atom stereocenters. The van der Waals surface area contributed by atoms with Gasteiger partial charge in [0.15, 0.2) is 0 Å². The van der Waals surface area contributed by atoms with E-state index >= 15 is 0 Å². The van der Waals surface area contributed by atoms with Gasteiger partial charge in [-0.05, 0) is 11.7 Å². The summed E-state index contributed by atoms with van der Waals surface area (Å²) in [5.41, 5.74) is 0. The van der Waals surface area contributed by atoms with E-state index in [4.69, 9.17) is 0 Å². The molecular weight excluding hydrogens is 258 g/mol. The second kappa shape index (κ2) is 6.00. The van der Waals surface area contributed by atoms with Crippen LogP contribution in [-0.2, 0) is 4.74 Å². The van der Waals surface area contributed by atoms with Crippen LogP contribution in [0.5, 0.6) is 0 Å². The third-order valence-corrected chi connectivity index (χ3v) is 2.45. The third-order valence-electron chi connectivity index (χ3n) is 1.93. The highest BCUT2D eigenvalue weighted by atomic mass is 32.1. The highest BCUT2D eigenvalue weighted by Crippen LogP contribution is 2.35. The molecule has 98 valence electrons. The Kier molecular flexibility index (Phi) is 5.95. The van der Waals surface area contributed by atoms with Gasteiger partial charge in [-0.1, -0.05) is 13.3 Å². The van der Waals surface area contributed by atoms with Crippen LogP contribution in [0.25, 0.3) is 0 Å². The molecule has 0 aromatic heterocycles. The Hall–Kier alpha value is -0.110. The second-order valence-electron chi connectivity index (χ2n) is 3.25. The van der Waals surface area contributed by atoms with E-state index in [1.165, 1.54) is 0 Å². The van der Waals surface area contributed by atoms with Crippen molar-refractivity contribution < 1.29 is 31.1 Å². The van der Waals surface area contributed by atoms with Crippen LogP contribution < -0.4 is 0 Å². The van der Waals surface area contributed by atoms with E-state index in [0.29, 0.717) is 6.42 Å². The average molecular weight is 270 g/mol. The van der Waals surface area contributed by atoms with Gasteiger partial charge in [-0.15, -0.1) is 0 Å². The number of alkyl halides is 6. The van der Waals surface area contributed by atoms with Gasteiger partial charge < -0.3 is 4.74 Å². The van der Waals surface area contributed by atoms with Gasteiger partial charge in [-0.3, -0.25) is 0 Å². The van der Waals surface area contributed by atoms with Crippen LogP contribution in [0.4, 0.5) is 26.3 Å². The highest BCUT2D eigenvalue weighted by Gasteiger charge is 2.58. The number of hydrogen-bond acceptors (Lipinski definition) is 2. The first kappa shape index (κ1) is 15.9. The molecule has 0 aliphatic rings. The lowest BCUT2D eigenvalue weighted by Gasteiger charge is -2.24. The molecule has 0 aliphatic carbocycles. The summed E-state index contributed by atoms with van der Waals surface area (Å²) in [5.74, 6) is -0.241. The molecule has 0 spiro atoms. The highest BCUT2D eigenvalue weighted by molar-refractivity contribution is 7.80. The van der Waals surface area contributed by atoms with E-state index in [1.54, 1.807) is 6.92 Å². The Balaban J connectivity index is 4.47. The van der Waals surface area contributed by atoms with Crippen LogP contribution in [0.1, 0.15) is 13.3 Å². The first-order valence-corrected chi connectivity index (χ1v) is 5.12. The largest absolute Gasteiger partial charge is 0.423 e. The van der Waals surface area contributed by atoms with Crippen molar-refractivity contribution in [3.05, 3.63) is 0 Å². The minimum absolute atomic E-state index is 0.179. The Morgan fingerprint density at radius 3 is 1.75 bits per heavy atom. The molecule has 0 bridgehead atoms. The van der Waals surface area contributed by atoms with E-state index in [2.05, 4.69) is 17.4 Å². The van der Waals surface area contributed by atoms with Crippen LogP contribution >= 0.6 is 12.6 Å². The van der Waals surface area contributed by atoms with Gasteiger partial charge >= 0.3 is 12.4 Å². The van der Waals surface area contributed by atoms with Gasteiger partial charge in [0.05, 0.1) is 6.61 Å². The van der Waals surface area contributed by atoms with Crippen molar-refractivity contribution >= 4 is 12.6 Å². The van der Waals surface area contributed by atoms with Gasteiger partial charge in [0.2, 0.25) is 6.10 Å². The molecule has 0 radical (unpaired) electrons. The first-order valence-electron chi connectivity index (χ1n) is 4.48. The maximum atomic E-state index is 12.0. The maximum absolute atomic E-state index is 12.0. The van der Waals surface area contributed by atoms with E-state index in [0.717, 1.165) is 0 Å². The summed E-state index contributed by atoms with van der Waals surface area (Å²) < 4.78 is 76.0. The zero-order valence-electron chi connectivity index (χ0n) is 8.40. The Bertz CT molecular complexity index is 184. The zero-order valence-corrected chi connectivity index (χ0v) is 9.29. The third kappa shape index (κ3) is 5.29. The Morgan fingerprint density at radius 2 is 1.50 bits per heavy atom. The SMILES string of the molecule is CCC(CS)COC(C(F)(F)F)C(F)(F)F. The van der Waals surface area contributed by atoms with Crippen LogP contribution in [0.3, 0.4) is 0 Å². The number of hydrogen-bond donors (Lipinski definition) is 1. The van der Waals surface area contributed by atoms with Crippen molar-refractivity contribution in [3.63, 3.8) is 0 Å². The number of rotatable bonds is 5. The van der Waals surface area contributed by atoms with E-state index < -0.39 is 31.0 Å². The van der Waals surface area contributed by atoms with Crippen molar-refractivity contribution in [1.82, 2.24) is 0 Å². The second-order valence-corrected chi connectivity index (χ2v) is 3.62. The summed E-state index contributed by atoms with van der Waals surface area (Å²) in [6.45, 7) is 1.03. The summed E-state index contributed by atoms with van der Waals surface area (Å²) in [7, 11) is 0. The summed E-state index contributed by atoms with van der Waals surface area (Å²) in [6.07, 6.45) is -14.2. The van der Waals surface area contributed by atoms with Crippen LogP contribution in [0, 0.1) is 5.92 Å². The molecule has 0 rings (SSSR count). The smallest absolute Gasteiger partial charge is 0.361 e. The zero-order chi connectivity index (χ0) is 13.0. The number of halogens is 6. The molecule has 0 saturated carbocycles. The predicted octanol–water partition coefficient (Wildman–Crippen LogP) is 3.45. The quantitative estimate of drug-likeness (QED) is 0.594. The Labute approximate surface area is 94.6 Å². The summed E-state index contributed by atoms with van der Waals surface area (Å²) in [5, 5.41) is 0. The molecule has 0 saturated heterocycles. The lowest BCUT2D eigenvalue weighted by atomic mass is 10.1. The minimum Gasteiger partial charge on any atom is -0.361 e. The lowest BCUT2D eigenvalue weighted by Crippen LogP contribution is -2.45. The molecule has 16 heavy (non-hydrogen) atoms. The molecule has 8 heteroatoms. The van der Waals surface area contributed by atoms with Gasteiger partial charge in [-0.25, -0.2) is 0 Å². The van der Waals surface area contributed by atoms with Gasteiger partial charge in [0.25, 0.3) is 0 Å². The monoisotopic (exact) mass is 270 g/mol. The molecule has 1 nitrogen and oxygen atoms in total. The molecule has 0 fully saturated rings. The normalized spacial score (nSPS) is 15.6. The van der Waals surface area contributed by atoms with Gasteiger partial charge in [0.1, 0.15) is 0 Å². The molecule has 0 amide bonds. The van der Waals surface area contributed by atoms with E-state index in [9.17, 15) is 26.3 Å². The van der Waals surface area contributed by atoms with Crippen molar-refractivity contribution in [2.75, 3.05) is 12.4 Å². The number of ether oxygens (including phenoxy) is 1. The van der Waals surface area contributed by atoms with Crippen LogP contribution in [0.15, 0.2) is 0 Å².